The van der Waals surface area contributed by atoms with Crippen LogP contribution in [0.5, 0.6) is 0 Å². The molecule has 3 N–H and O–H groups in total. The molecular formula is C34H36Cl2F6N6O2. The summed E-state index contributed by atoms with van der Waals surface area (Å²) in [6.45, 7) is 3.02. The minimum absolute atomic E-state index is 0.0381. The number of carbonyl (C=O) groups excluding carboxylic acids is 1. The standard InChI is InChI=1S/C34H36Cl2F6N6O2/c1-46(32(50)24-14-25(33(37,38)39)17-26(15-24)34(40,41)42)31(19-49)27(22-6-7-28(35)29(36)16-22)8-9-47-10-12-48(13-11-47)30-5-3-2-4-23(30)18-44-21-45-20-43/h2-7,14-17,20-21,27,31,49H,8-13,18-19H2,1H3,(H2,43,44,45)/t27-,31+/m0/s1. The first-order valence-electron chi connectivity index (χ1n) is 15.5. The van der Waals surface area contributed by atoms with E-state index in [1.807, 2.05) is 24.3 Å². The minimum Gasteiger partial charge on any atom is -0.394 e. The molecule has 270 valence electrons. The Hall–Kier alpha value is -3.85. The number of rotatable bonds is 12. The lowest BCUT2D eigenvalue weighted by Gasteiger charge is -2.39. The summed E-state index contributed by atoms with van der Waals surface area (Å²) in [6, 6.07) is 12.4. The van der Waals surface area contributed by atoms with Gasteiger partial charge in [-0.1, -0.05) is 47.5 Å². The number of piperazine rings is 1. The van der Waals surface area contributed by atoms with E-state index in [0.29, 0.717) is 63.4 Å². The average molecular weight is 746 g/mol. The van der Waals surface area contributed by atoms with Gasteiger partial charge in [0.15, 0.2) is 0 Å². The molecule has 0 aromatic heterocycles. The fourth-order valence-electron chi connectivity index (χ4n) is 5.99. The number of aliphatic imine (C=N–C) groups is 2. The summed E-state index contributed by atoms with van der Waals surface area (Å²) >= 11 is 12.5. The number of benzene rings is 3. The van der Waals surface area contributed by atoms with Gasteiger partial charge in [-0.25, -0.2) is 4.99 Å². The molecule has 3 aromatic rings. The van der Waals surface area contributed by atoms with Gasteiger partial charge >= 0.3 is 12.4 Å². The zero-order chi connectivity index (χ0) is 36.6. The number of aliphatic hydroxyl groups excluding tert-OH is 1. The SMILES string of the molecule is CN(C(=O)c1cc(C(F)(F)F)cc(C(F)(F)F)c1)[C@H](CO)[C@@H](CCN1CCN(c2ccccc2CN=CN=CN)CC1)c1ccc(Cl)c(Cl)c1. The molecule has 0 spiro atoms. The first kappa shape index (κ1) is 38.9. The second-order valence-electron chi connectivity index (χ2n) is 11.7. The van der Waals surface area contributed by atoms with E-state index in [1.54, 1.807) is 18.2 Å². The van der Waals surface area contributed by atoms with Gasteiger partial charge in [0.05, 0.1) is 46.7 Å². The molecule has 3 aromatic carbocycles. The number of carbonyl (C=O) groups is 1. The van der Waals surface area contributed by atoms with Crippen molar-refractivity contribution >= 4 is 47.5 Å². The van der Waals surface area contributed by atoms with Crippen molar-refractivity contribution in [1.29, 1.82) is 0 Å². The smallest absolute Gasteiger partial charge is 0.394 e. The van der Waals surface area contributed by atoms with Crippen molar-refractivity contribution in [2.24, 2.45) is 15.7 Å². The molecule has 1 fully saturated rings. The fourth-order valence-corrected chi connectivity index (χ4v) is 6.29. The summed E-state index contributed by atoms with van der Waals surface area (Å²) in [5, 5.41) is 11.0. The molecule has 1 aliphatic heterocycles. The normalized spacial score (nSPS) is 15.9. The van der Waals surface area contributed by atoms with Crippen molar-refractivity contribution in [3.8, 4) is 0 Å². The molecule has 1 heterocycles. The number of halogens is 8. The Morgan fingerprint density at radius 1 is 0.960 bits per heavy atom. The topological polar surface area (TPSA) is 97.8 Å². The van der Waals surface area contributed by atoms with Crippen molar-refractivity contribution in [1.82, 2.24) is 9.80 Å². The lowest BCUT2D eigenvalue weighted by atomic mass is 9.87. The third kappa shape index (κ3) is 9.89. The maximum Gasteiger partial charge on any atom is 0.416 e. The Morgan fingerprint density at radius 3 is 2.18 bits per heavy atom. The summed E-state index contributed by atoms with van der Waals surface area (Å²) in [5.41, 5.74) is 3.88. The molecule has 1 amide bonds. The maximum atomic E-state index is 13.6. The number of hydrogen-bond acceptors (Lipinski definition) is 5. The van der Waals surface area contributed by atoms with Crippen molar-refractivity contribution in [3.63, 3.8) is 0 Å². The monoisotopic (exact) mass is 744 g/mol. The molecule has 50 heavy (non-hydrogen) atoms. The molecule has 0 unspecified atom stereocenters. The van der Waals surface area contributed by atoms with Crippen LogP contribution in [0.25, 0.3) is 0 Å². The van der Waals surface area contributed by atoms with Gasteiger partial charge in [0.2, 0.25) is 0 Å². The number of nitrogens with zero attached hydrogens (tertiary/aromatic N) is 5. The lowest BCUT2D eigenvalue weighted by Crippen LogP contribution is -2.48. The predicted molar refractivity (Wildman–Crippen MR) is 183 cm³/mol. The van der Waals surface area contributed by atoms with Gasteiger partial charge in [-0.2, -0.15) is 26.3 Å². The van der Waals surface area contributed by atoms with Crippen molar-refractivity contribution in [2.75, 3.05) is 51.3 Å². The van der Waals surface area contributed by atoms with E-state index in [2.05, 4.69) is 19.8 Å². The highest BCUT2D eigenvalue weighted by molar-refractivity contribution is 6.42. The third-order valence-corrected chi connectivity index (χ3v) is 9.37. The molecule has 1 aliphatic rings. The summed E-state index contributed by atoms with van der Waals surface area (Å²) < 4.78 is 81.4. The maximum absolute atomic E-state index is 13.6. The second kappa shape index (κ2) is 16.9. The molecule has 8 nitrogen and oxygen atoms in total. The highest BCUT2D eigenvalue weighted by atomic mass is 35.5. The van der Waals surface area contributed by atoms with E-state index in [9.17, 15) is 36.2 Å². The van der Waals surface area contributed by atoms with Crippen LogP contribution in [0.15, 0.2) is 70.6 Å². The highest BCUT2D eigenvalue weighted by Gasteiger charge is 2.39. The third-order valence-electron chi connectivity index (χ3n) is 8.63. The van der Waals surface area contributed by atoms with Gasteiger partial charge in [-0.15, -0.1) is 0 Å². The van der Waals surface area contributed by atoms with Crippen molar-refractivity contribution < 1.29 is 36.2 Å². The van der Waals surface area contributed by atoms with Gasteiger partial charge in [0.1, 0.15) is 6.34 Å². The van der Waals surface area contributed by atoms with E-state index in [-0.39, 0.29) is 16.1 Å². The molecule has 2 atom stereocenters. The average Bonchev–Trinajstić information content (AvgIpc) is 3.08. The Morgan fingerprint density at radius 2 is 1.60 bits per heavy atom. The Labute approximate surface area is 295 Å². The minimum atomic E-state index is -5.13. The molecular weight excluding hydrogens is 709 g/mol. The van der Waals surface area contributed by atoms with Crippen LogP contribution in [-0.4, -0.2) is 85.9 Å². The number of aliphatic hydroxyl groups is 1. The first-order valence-corrected chi connectivity index (χ1v) is 16.3. The Kier molecular flexibility index (Phi) is 13.2. The van der Waals surface area contributed by atoms with Crippen LogP contribution in [-0.2, 0) is 18.9 Å². The van der Waals surface area contributed by atoms with E-state index in [4.69, 9.17) is 28.9 Å². The van der Waals surface area contributed by atoms with Crippen LogP contribution in [0, 0.1) is 0 Å². The van der Waals surface area contributed by atoms with Crippen LogP contribution in [0.3, 0.4) is 0 Å². The van der Waals surface area contributed by atoms with Crippen LogP contribution >= 0.6 is 23.2 Å². The Balaban J connectivity index is 1.55. The first-order chi connectivity index (χ1) is 23.6. The number of nitrogens with two attached hydrogens (primary N) is 1. The number of hydrogen-bond donors (Lipinski definition) is 2. The van der Waals surface area contributed by atoms with Crippen molar-refractivity contribution in [2.45, 2.75) is 37.3 Å². The van der Waals surface area contributed by atoms with Crippen LogP contribution in [0.1, 0.15) is 45.0 Å². The molecule has 16 heteroatoms. The van der Waals surface area contributed by atoms with Gasteiger partial charge in [-0.3, -0.25) is 14.7 Å². The van der Waals surface area contributed by atoms with Crippen LogP contribution in [0.2, 0.25) is 10.0 Å². The molecule has 4 rings (SSSR count). The predicted octanol–water partition coefficient (Wildman–Crippen LogP) is 6.98. The number of amides is 1. The van der Waals surface area contributed by atoms with E-state index < -0.39 is 53.5 Å². The van der Waals surface area contributed by atoms with Gasteiger partial charge in [0, 0.05) is 50.4 Å². The molecule has 0 radical (unpaired) electrons. The van der Waals surface area contributed by atoms with Gasteiger partial charge < -0.3 is 20.6 Å². The fraction of sp³-hybridized carbons (Fsp3) is 0.382. The highest BCUT2D eigenvalue weighted by Crippen LogP contribution is 2.38. The second-order valence-corrected chi connectivity index (χ2v) is 12.6. The van der Waals surface area contributed by atoms with E-state index >= 15 is 0 Å². The summed E-state index contributed by atoms with van der Waals surface area (Å²) in [7, 11) is 1.24. The lowest BCUT2D eigenvalue weighted by molar-refractivity contribution is -0.143. The Bertz CT molecular complexity index is 1650. The zero-order valence-corrected chi connectivity index (χ0v) is 28.4. The van der Waals surface area contributed by atoms with E-state index in [1.165, 1.54) is 13.4 Å². The number of anilines is 1. The number of alkyl halides is 6. The van der Waals surface area contributed by atoms with Gasteiger partial charge in [0.25, 0.3) is 5.91 Å². The molecule has 0 aliphatic carbocycles. The van der Waals surface area contributed by atoms with Crippen LogP contribution < -0.4 is 10.6 Å². The van der Waals surface area contributed by atoms with Crippen molar-refractivity contribution in [3.05, 3.63) is 98.5 Å². The molecule has 0 saturated carbocycles. The summed E-state index contributed by atoms with van der Waals surface area (Å²) in [5.74, 6) is -1.73. The number of para-hydroxylation sites is 1. The summed E-state index contributed by atoms with van der Waals surface area (Å²) in [6.07, 6.45) is -7.35. The molecule has 1 saturated heterocycles. The van der Waals surface area contributed by atoms with E-state index in [0.717, 1.165) is 22.5 Å². The molecule has 0 bridgehead atoms. The van der Waals surface area contributed by atoms with Gasteiger partial charge in [-0.05, 0) is 60.5 Å². The quantitative estimate of drug-likeness (QED) is 0.119. The van der Waals surface area contributed by atoms with Crippen LogP contribution in [0.4, 0.5) is 32.0 Å². The zero-order valence-electron chi connectivity index (χ0n) is 26.9. The summed E-state index contributed by atoms with van der Waals surface area (Å²) in [4.78, 5) is 27.1. The largest absolute Gasteiger partial charge is 0.416 e. The number of likely N-dealkylation sites (N-methyl/N-ethyl adjacent to an activating group) is 1.